The summed E-state index contributed by atoms with van der Waals surface area (Å²) in [5.41, 5.74) is 0.586. The number of halogens is 1. The van der Waals surface area contributed by atoms with Crippen LogP contribution in [0.4, 0.5) is 5.69 Å². The highest BCUT2D eigenvalue weighted by Crippen LogP contribution is 2.29. The molecule has 0 aliphatic carbocycles. The lowest BCUT2D eigenvalue weighted by Gasteiger charge is -2.08. The zero-order valence-electron chi connectivity index (χ0n) is 8.89. The van der Waals surface area contributed by atoms with Gasteiger partial charge in [-0.05, 0) is 18.6 Å². The molecular weight excluding hydrogens is 262 g/mol. The van der Waals surface area contributed by atoms with Gasteiger partial charge in [0.1, 0.15) is 5.78 Å². The van der Waals surface area contributed by atoms with E-state index in [0.717, 1.165) is 5.75 Å². The Morgan fingerprint density at radius 3 is 2.88 bits per heavy atom. The van der Waals surface area contributed by atoms with Crippen LogP contribution in [-0.2, 0) is 11.2 Å². The molecule has 1 heterocycles. The Kier molecular flexibility index (Phi) is 3.69. The maximum Gasteiger partial charge on any atom is 0.272 e. The van der Waals surface area contributed by atoms with Gasteiger partial charge >= 0.3 is 0 Å². The zero-order valence-corrected chi connectivity index (χ0v) is 10.5. The summed E-state index contributed by atoms with van der Waals surface area (Å²) >= 11 is 7.41. The highest BCUT2D eigenvalue weighted by Gasteiger charge is 2.27. The summed E-state index contributed by atoms with van der Waals surface area (Å²) in [6, 6.07) is 4.47. The SMILES string of the molecule is O=C1CSCC1Cc1cc(Cl)ccc1[N+](=O)[O-]. The summed E-state index contributed by atoms with van der Waals surface area (Å²) in [4.78, 5) is 21.9. The number of nitro groups is 1. The van der Waals surface area contributed by atoms with E-state index in [1.807, 2.05) is 0 Å². The first-order valence-electron chi connectivity index (χ1n) is 5.11. The number of benzene rings is 1. The van der Waals surface area contributed by atoms with Crippen LogP contribution in [0.1, 0.15) is 5.56 Å². The van der Waals surface area contributed by atoms with Gasteiger partial charge in [0.15, 0.2) is 0 Å². The molecule has 1 fully saturated rings. The lowest BCUT2D eigenvalue weighted by atomic mass is 9.97. The Bertz CT molecular complexity index is 478. The van der Waals surface area contributed by atoms with E-state index in [1.54, 1.807) is 17.8 Å². The van der Waals surface area contributed by atoms with E-state index >= 15 is 0 Å². The van der Waals surface area contributed by atoms with Gasteiger partial charge in [0, 0.05) is 28.3 Å². The number of carbonyl (C=O) groups is 1. The molecule has 6 heteroatoms. The van der Waals surface area contributed by atoms with Crippen molar-refractivity contribution in [1.82, 2.24) is 0 Å². The third kappa shape index (κ3) is 2.79. The van der Waals surface area contributed by atoms with Crippen molar-refractivity contribution >= 4 is 34.8 Å². The molecular formula is C11H10ClNO3S. The quantitative estimate of drug-likeness (QED) is 0.626. The number of nitrogens with zero attached hydrogens (tertiary/aromatic N) is 1. The molecule has 1 aromatic rings. The predicted octanol–water partition coefficient (Wildman–Crippen LogP) is 2.72. The second kappa shape index (κ2) is 5.06. The van der Waals surface area contributed by atoms with Crippen LogP contribution in [0.2, 0.25) is 5.02 Å². The molecule has 0 amide bonds. The van der Waals surface area contributed by atoms with Crippen LogP contribution in [0.3, 0.4) is 0 Å². The topological polar surface area (TPSA) is 60.2 Å². The minimum atomic E-state index is -0.432. The number of nitro benzene ring substituents is 1. The van der Waals surface area contributed by atoms with Gasteiger partial charge in [-0.3, -0.25) is 14.9 Å². The molecule has 1 aromatic carbocycles. The van der Waals surface area contributed by atoms with E-state index in [-0.39, 0.29) is 17.4 Å². The number of hydrogen-bond acceptors (Lipinski definition) is 4. The van der Waals surface area contributed by atoms with Gasteiger partial charge in [0.25, 0.3) is 5.69 Å². The van der Waals surface area contributed by atoms with Crippen molar-refractivity contribution in [3.05, 3.63) is 38.9 Å². The number of ketones is 1. The minimum Gasteiger partial charge on any atom is -0.298 e. The van der Waals surface area contributed by atoms with E-state index in [9.17, 15) is 14.9 Å². The third-order valence-electron chi connectivity index (χ3n) is 2.72. The summed E-state index contributed by atoms with van der Waals surface area (Å²) in [5, 5.41) is 11.3. The van der Waals surface area contributed by atoms with E-state index in [0.29, 0.717) is 22.8 Å². The lowest BCUT2D eigenvalue weighted by Crippen LogP contribution is -2.14. The maximum absolute atomic E-state index is 11.5. The molecule has 2 rings (SSSR count). The summed E-state index contributed by atoms with van der Waals surface area (Å²) in [7, 11) is 0. The first-order chi connectivity index (χ1) is 8.08. The Morgan fingerprint density at radius 2 is 2.29 bits per heavy atom. The molecule has 1 unspecified atom stereocenters. The van der Waals surface area contributed by atoms with Crippen molar-refractivity contribution in [1.29, 1.82) is 0 Å². The second-order valence-corrected chi connectivity index (χ2v) is 5.38. The van der Waals surface area contributed by atoms with Gasteiger partial charge in [-0.2, -0.15) is 11.8 Å². The summed E-state index contributed by atoms with van der Waals surface area (Å²) in [6.45, 7) is 0. The van der Waals surface area contributed by atoms with Gasteiger partial charge < -0.3 is 0 Å². The largest absolute Gasteiger partial charge is 0.298 e. The number of hydrogen-bond donors (Lipinski definition) is 0. The van der Waals surface area contributed by atoms with Crippen LogP contribution in [0, 0.1) is 16.0 Å². The molecule has 17 heavy (non-hydrogen) atoms. The Hall–Kier alpha value is -1.07. The van der Waals surface area contributed by atoms with Gasteiger partial charge in [-0.25, -0.2) is 0 Å². The summed E-state index contributed by atoms with van der Waals surface area (Å²) < 4.78 is 0. The number of carbonyl (C=O) groups excluding carboxylic acids is 1. The average molecular weight is 272 g/mol. The van der Waals surface area contributed by atoms with Crippen LogP contribution in [0.15, 0.2) is 18.2 Å². The van der Waals surface area contributed by atoms with Crippen LogP contribution in [0.5, 0.6) is 0 Å². The van der Waals surface area contributed by atoms with Gasteiger partial charge in [0.05, 0.1) is 10.7 Å². The Balaban J connectivity index is 2.27. The van der Waals surface area contributed by atoms with E-state index in [2.05, 4.69) is 0 Å². The van der Waals surface area contributed by atoms with Crippen molar-refractivity contribution in [2.45, 2.75) is 6.42 Å². The molecule has 1 aliphatic rings. The number of thioether (sulfide) groups is 1. The molecule has 4 nitrogen and oxygen atoms in total. The fraction of sp³-hybridized carbons (Fsp3) is 0.364. The van der Waals surface area contributed by atoms with Gasteiger partial charge in [-0.15, -0.1) is 0 Å². The van der Waals surface area contributed by atoms with Crippen molar-refractivity contribution in [3.8, 4) is 0 Å². The fourth-order valence-electron chi connectivity index (χ4n) is 1.85. The first kappa shape index (κ1) is 12.4. The highest BCUT2D eigenvalue weighted by atomic mass is 35.5. The minimum absolute atomic E-state index is 0.0408. The van der Waals surface area contributed by atoms with E-state index < -0.39 is 4.92 Å². The lowest BCUT2D eigenvalue weighted by molar-refractivity contribution is -0.385. The van der Waals surface area contributed by atoms with E-state index in [4.69, 9.17) is 11.6 Å². The van der Waals surface area contributed by atoms with Gasteiger partial charge in [-0.1, -0.05) is 11.6 Å². The summed E-state index contributed by atoms with van der Waals surface area (Å²) in [6.07, 6.45) is 0.405. The average Bonchev–Trinajstić information content (AvgIpc) is 2.64. The van der Waals surface area contributed by atoms with Gasteiger partial charge in [0.2, 0.25) is 0 Å². The molecule has 0 aromatic heterocycles. The van der Waals surface area contributed by atoms with Crippen LogP contribution >= 0.6 is 23.4 Å². The van der Waals surface area contributed by atoms with E-state index in [1.165, 1.54) is 12.1 Å². The normalized spacial score (nSPS) is 19.6. The fourth-order valence-corrected chi connectivity index (χ4v) is 3.18. The van der Waals surface area contributed by atoms with Crippen molar-refractivity contribution < 1.29 is 9.72 Å². The number of rotatable bonds is 3. The van der Waals surface area contributed by atoms with Crippen LogP contribution in [-0.4, -0.2) is 22.2 Å². The molecule has 0 N–H and O–H groups in total. The molecule has 0 radical (unpaired) electrons. The van der Waals surface area contributed by atoms with Crippen molar-refractivity contribution in [3.63, 3.8) is 0 Å². The maximum atomic E-state index is 11.5. The standard InChI is InChI=1S/C11H10ClNO3S/c12-9-1-2-10(13(15)16)7(4-9)3-8-5-17-6-11(8)14/h1-2,4,8H,3,5-6H2. The summed E-state index contributed by atoms with van der Waals surface area (Å²) in [5.74, 6) is 1.31. The first-order valence-corrected chi connectivity index (χ1v) is 6.64. The molecule has 1 saturated heterocycles. The van der Waals surface area contributed by atoms with Crippen LogP contribution in [0.25, 0.3) is 0 Å². The number of Topliss-reactive ketones (excluding diaryl/α,β-unsaturated/α-hetero) is 1. The monoisotopic (exact) mass is 271 g/mol. The molecule has 0 spiro atoms. The molecule has 90 valence electrons. The predicted molar refractivity (Wildman–Crippen MR) is 67.6 cm³/mol. The second-order valence-electron chi connectivity index (χ2n) is 3.91. The Morgan fingerprint density at radius 1 is 1.53 bits per heavy atom. The molecule has 1 atom stereocenters. The Labute approximate surface area is 107 Å². The zero-order chi connectivity index (χ0) is 12.4. The highest BCUT2D eigenvalue weighted by molar-refractivity contribution is 8.00. The molecule has 1 aliphatic heterocycles. The molecule has 0 saturated carbocycles. The van der Waals surface area contributed by atoms with Crippen LogP contribution < -0.4 is 0 Å². The van der Waals surface area contributed by atoms with Crippen molar-refractivity contribution in [2.75, 3.05) is 11.5 Å². The third-order valence-corrected chi connectivity index (χ3v) is 4.09. The smallest absolute Gasteiger partial charge is 0.272 e. The molecule has 0 bridgehead atoms. The van der Waals surface area contributed by atoms with Crippen molar-refractivity contribution in [2.24, 2.45) is 5.92 Å².